The highest BCUT2D eigenvalue weighted by atomic mass is 35.5. The van der Waals surface area contributed by atoms with E-state index in [0.717, 1.165) is 12.2 Å². The number of imidazole rings is 1. The van der Waals surface area contributed by atoms with Gasteiger partial charge in [-0.15, -0.1) is 0 Å². The van der Waals surface area contributed by atoms with Gasteiger partial charge in [0.05, 0.1) is 18.8 Å². The maximum Gasteiger partial charge on any atom is 0.128 e. The van der Waals surface area contributed by atoms with Crippen molar-refractivity contribution in [1.82, 2.24) is 14.9 Å². The first kappa shape index (κ1) is 12.5. The van der Waals surface area contributed by atoms with Crippen molar-refractivity contribution in [3.8, 4) is 0 Å². The van der Waals surface area contributed by atoms with Crippen molar-refractivity contribution < 1.29 is 5.11 Å². The van der Waals surface area contributed by atoms with Crippen LogP contribution in [-0.2, 0) is 13.6 Å². The summed E-state index contributed by atoms with van der Waals surface area (Å²) in [7, 11) is 1.88. The summed E-state index contributed by atoms with van der Waals surface area (Å²) >= 11 is 5.86. The van der Waals surface area contributed by atoms with E-state index in [1.165, 1.54) is 0 Å². The van der Waals surface area contributed by atoms with Gasteiger partial charge >= 0.3 is 0 Å². The smallest absolute Gasteiger partial charge is 0.128 e. The first-order valence-electron chi connectivity index (χ1n) is 5.08. The minimum absolute atomic E-state index is 0.264. The van der Waals surface area contributed by atoms with Gasteiger partial charge in [-0.3, -0.25) is 0 Å². The van der Waals surface area contributed by atoms with Gasteiger partial charge < -0.3 is 15.0 Å². The molecule has 1 rings (SSSR count). The van der Waals surface area contributed by atoms with Crippen LogP contribution >= 0.6 is 11.6 Å². The molecule has 1 aromatic rings. The molecule has 0 amide bonds. The highest BCUT2D eigenvalue weighted by molar-refractivity contribution is 6.29. The molecule has 0 saturated carbocycles. The van der Waals surface area contributed by atoms with E-state index in [4.69, 9.17) is 11.6 Å². The molecular formula is C10H18ClN3O. The van der Waals surface area contributed by atoms with Crippen LogP contribution in [0.4, 0.5) is 0 Å². The topological polar surface area (TPSA) is 50.1 Å². The van der Waals surface area contributed by atoms with Gasteiger partial charge in [0.15, 0.2) is 0 Å². The summed E-state index contributed by atoms with van der Waals surface area (Å²) in [6, 6.07) is 0.264. The Kier molecular flexibility index (Phi) is 4.57. The minimum Gasteiger partial charge on any atom is -0.393 e. The molecule has 1 aromatic heterocycles. The second-order valence-electron chi connectivity index (χ2n) is 3.92. The highest BCUT2D eigenvalue weighted by Crippen LogP contribution is 2.09. The van der Waals surface area contributed by atoms with Crippen LogP contribution in [0.25, 0.3) is 0 Å². The minimum atomic E-state index is -0.280. The second-order valence-corrected chi connectivity index (χ2v) is 4.31. The molecule has 2 atom stereocenters. The molecule has 2 unspecified atom stereocenters. The molecule has 0 fully saturated rings. The largest absolute Gasteiger partial charge is 0.393 e. The number of nitrogens with zero attached hydrogens (tertiary/aromatic N) is 2. The third kappa shape index (κ3) is 3.81. The predicted octanol–water partition coefficient (Wildman–Crippen LogP) is 1.32. The average molecular weight is 232 g/mol. The van der Waals surface area contributed by atoms with Crippen molar-refractivity contribution in [2.45, 2.75) is 39.0 Å². The summed E-state index contributed by atoms with van der Waals surface area (Å²) in [5.74, 6) is 0.900. The number of halogens is 1. The van der Waals surface area contributed by atoms with Crippen LogP contribution in [0.3, 0.4) is 0 Å². The van der Waals surface area contributed by atoms with E-state index < -0.39 is 0 Å². The van der Waals surface area contributed by atoms with Crippen molar-refractivity contribution in [2.75, 3.05) is 0 Å². The number of nitrogens with one attached hydrogen (secondary N) is 1. The van der Waals surface area contributed by atoms with E-state index in [9.17, 15) is 5.11 Å². The summed E-state index contributed by atoms with van der Waals surface area (Å²) in [5.41, 5.74) is 0. The molecule has 0 saturated heterocycles. The van der Waals surface area contributed by atoms with Gasteiger partial charge in [-0.05, 0) is 20.3 Å². The summed E-state index contributed by atoms with van der Waals surface area (Å²) in [6.07, 6.45) is 2.09. The lowest BCUT2D eigenvalue weighted by molar-refractivity contribution is 0.170. The molecule has 15 heavy (non-hydrogen) atoms. The zero-order chi connectivity index (χ0) is 11.4. The van der Waals surface area contributed by atoms with E-state index >= 15 is 0 Å². The number of aliphatic hydroxyl groups excluding tert-OH is 1. The molecule has 1 heterocycles. The molecular weight excluding hydrogens is 214 g/mol. The van der Waals surface area contributed by atoms with Crippen LogP contribution in [0.1, 0.15) is 26.1 Å². The predicted molar refractivity (Wildman–Crippen MR) is 60.8 cm³/mol. The lowest BCUT2D eigenvalue weighted by atomic mass is 10.1. The van der Waals surface area contributed by atoms with Gasteiger partial charge in [0.2, 0.25) is 0 Å². The van der Waals surface area contributed by atoms with Crippen molar-refractivity contribution in [3.63, 3.8) is 0 Å². The number of hydrogen-bond acceptors (Lipinski definition) is 3. The fraction of sp³-hybridized carbons (Fsp3) is 0.700. The lowest BCUT2D eigenvalue weighted by Gasteiger charge is -2.15. The molecule has 4 nitrogen and oxygen atoms in total. The lowest BCUT2D eigenvalue weighted by Crippen LogP contribution is -2.29. The first-order valence-corrected chi connectivity index (χ1v) is 5.46. The molecule has 0 radical (unpaired) electrons. The summed E-state index contributed by atoms with van der Waals surface area (Å²) < 4.78 is 1.84. The maximum atomic E-state index is 9.20. The van der Waals surface area contributed by atoms with Crippen LogP contribution in [0.15, 0.2) is 6.20 Å². The molecule has 0 aliphatic carbocycles. The van der Waals surface area contributed by atoms with Crippen molar-refractivity contribution in [1.29, 1.82) is 0 Å². The Labute approximate surface area is 95.3 Å². The highest BCUT2D eigenvalue weighted by Gasteiger charge is 2.08. The third-order valence-corrected chi connectivity index (χ3v) is 2.68. The Morgan fingerprint density at radius 1 is 1.60 bits per heavy atom. The number of rotatable bonds is 5. The van der Waals surface area contributed by atoms with Gasteiger partial charge in [-0.2, -0.15) is 0 Å². The number of hydrogen-bond donors (Lipinski definition) is 2. The van der Waals surface area contributed by atoms with E-state index in [1.54, 1.807) is 13.1 Å². The number of aliphatic hydroxyl groups is 1. The SMILES string of the molecule is CC(O)CC(C)NCc1ncc(Cl)n1C. The average Bonchev–Trinajstić information content (AvgIpc) is 2.44. The third-order valence-electron chi connectivity index (χ3n) is 2.33. The quantitative estimate of drug-likeness (QED) is 0.804. The zero-order valence-corrected chi connectivity index (χ0v) is 10.1. The Bertz CT molecular complexity index is 312. The van der Waals surface area contributed by atoms with Crippen LogP contribution in [0, 0.1) is 0 Å². The Hall–Kier alpha value is -0.580. The monoisotopic (exact) mass is 231 g/mol. The van der Waals surface area contributed by atoms with Crippen molar-refractivity contribution >= 4 is 11.6 Å². The standard InChI is InChI=1S/C10H18ClN3O/c1-7(4-8(2)15)12-6-10-13-5-9(11)14(10)3/h5,7-8,12,15H,4,6H2,1-3H3. The Balaban J connectivity index is 2.40. The molecule has 0 bridgehead atoms. The molecule has 0 aliphatic heterocycles. The first-order chi connectivity index (χ1) is 7.00. The van der Waals surface area contributed by atoms with Gasteiger partial charge in [-0.25, -0.2) is 4.98 Å². The van der Waals surface area contributed by atoms with Crippen LogP contribution in [0.2, 0.25) is 5.15 Å². The van der Waals surface area contributed by atoms with Gasteiger partial charge in [0.25, 0.3) is 0 Å². The maximum absolute atomic E-state index is 9.20. The molecule has 0 spiro atoms. The van der Waals surface area contributed by atoms with Gasteiger partial charge in [-0.1, -0.05) is 11.6 Å². The van der Waals surface area contributed by atoms with Crippen molar-refractivity contribution in [3.05, 3.63) is 17.2 Å². The second kappa shape index (κ2) is 5.49. The van der Waals surface area contributed by atoms with Gasteiger partial charge in [0, 0.05) is 13.1 Å². The van der Waals surface area contributed by atoms with Crippen LogP contribution in [0.5, 0.6) is 0 Å². The Morgan fingerprint density at radius 2 is 2.27 bits per heavy atom. The van der Waals surface area contributed by atoms with E-state index in [2.05, 4.69) is 10.3 Å². The normalized spacial score (nSPS) is 15.3. The molecule has 86 valence electrons. The van der Waals surface area contributed by atoms with Gasteiger partial charge in [0.1, 0.15) is 11.0 Å². The fourth-order valence-electron chi connectivity index (χ4n) is 1.45. The Morgan fingerprint density at radius 3 is 2.73 bits per heavy atom. The fourth-order valence-corrected chi connectivity index (χ4v) is 1.60. The van der Waals surface area contributed by atoms with Crippen molar-refractivity contribution in [2.24, 2.45) is 7.05 Å². The summed E-state index contributed by atoms with van der Waals surface area (Å²) in [4.78, 5) is 4.17. The molecule has 5 heteroatoms. The number of aromatic nitrogens is 2. The summed E-state index contributed by atoms with van der Waals surface area (Å²) in [6.45, 7) is 4.49. The molecule has 0 aliphatic rings. The van der Waals surface area contributed by atoms with E-state index in [1.807, 2.05) is 18.5 Å². The molecule has 2 N–H and O–H groups in total. The zero-order valence-electron chi connectivity index (χ0n) is 9.37. The summed E-state index contributed by atoms with van der Waals surface area (Å²) in [5, 5.41) is 13.1. The molecule has 0 aromatic carbocycles. The van der Waals surface area contributed by atoms with Crippen LogP contribution < -0.4 is 5.32 Å². The van der Waals surface area contributed by atoms with Crippen LogP contribution in [-0.4, -0.2) is 26.8 Å². The van der Waals surface area contributed by atoms with E-state index in [0.29, 0.717) is 11.7 Å². The van der Waals surface area contributed by atoms with E-state index in [-0.39, 0.29) is 12.1 Å².